The number of pyridine rings is 1. The SMILES string of the molecule is Cc1cccc(NS(=O)(=O)c2cnc(N)nc2)n1. The lowest BCUT2D eigenvalue weighted by Crippen LogP contribution is -2.15. The molecular formula is C10H11N5O2S. The van der Waals surface area contributed by atoms with Gasteiger partial charge in [-0.3, -0.25) is 4.72 Å². The molecule has 2 rings (SSSR count). The number of aryl methyl sites for hydroxylation is 1. The summed E-state index contributed by atoms with van der Waals surface area (Å²) >= 11 is 0. The van der Waals surface area contributed by atoms with Gasteiger partial charge in [0.25, 0.3) is 10.0 Å². The van der Waals surface area contributed by atoms with E-state index in [0.717, 1.165) is 12.4 Å². The fraction of sp³-hybridized carbons (Fsp3) is 0.100. The first kappa shape index (κ1) is 12.2. The minimum Gasteiger partial charge on any atom is -0.368 e. The van der Waals surface area contributed by atoms with E-state index < -0.39 is 10.0 Å². The molecule has 7 nitrogen and oxygen atoms in total. The molecule has 2 aromatic rings. The van der Waals surface area contributed by atoms with Crippen LogP contribution in [0.5, 0.6) is 0 Å². The number of aromatic nitrogens is 3. The second-order valence-corrected chi connectivity index (χ2v) is 5.23. The highest BCUT2D eigenvalue weighted by Gasteiger charge is 2.15. The molecule has 2 heterocycles. The molecule has 0 fully saturated rings. The third kappa shape index (κ3) is 2.72. The first-order valence-corrected chi connectivity index (χ1v) is 6.50. The maximum absolute atomic E-state index is 12.0. The van der Waals surface area contributed by atoms with Crippen LogP contribution < -0.4 is 10.5 Å². The molecule has 0 atom stereocenters. The Balaban J connectivity index is 2.30. The summed E-state index contributed by atoms with van der Waals surface area (Å²) in [6.07, 6.45) is 2.28. The fourth-order valence-corrected chi connectivity index (χ4v) is 2.15. The van der Waals surface area contributed by atoms with Gasteiger partial charge in [-0.15, -0.1) is 0 Å². The quantitative estimate of drug-likeness (QED) is 0.839. The second-order valence-electron chi connectivity index (χ2n) is 3.55. The van der Waals surface area contributed by atoms with Gasteiger partial charge >= 0.3 is 0 Å². The average Bonchev–Trinajstić information content (AvgIpc) is 2.29. The van der Waals surface area contributed by atoms with Gasteiger partial charge in [-0.2, -0.15) is 0 Å². The van der Waals surface area contributed by atoms with Crippen molar-refractivity contribution in [3.63, 3.8) is 0 Å². The van der Waals surface area contributed by atoms with E-state index >= 15 is 0 Å². The molecule has 0 aliphatic carbocycles. The van der Waals surface area contributed by atoms with Crippen molar-refractivity contribution in [1.82, 2.24) is 15.0 Å². The molecule has 8 heteroatoms. The van der Waals surface area contributed by atoms with E-state index in [1.54, 1.807) is 25.1 Å². The second kappa shape index (κ2) is 4.57. The van der Waals surface area contributed by atoms with Crippen molar-refractivity contribution in [3.8, 4) is 0 Å². The number of rotatable bonds is 3. The van der Waals surface area contributed by atoms with E-state index in [2.05, 4.69) is 19.7 Å². The summed E-state index contributed by atoms with van der Waals surface area (Å²) < 4.78 is 26.2. The molecule has 0 unspecified atom stereocenters. The Morgan fingerprint density at radius 3 is 2.50 bits per heavy atom. The molecule has 0 saturated carbocycles. The van der Waals surface area contributed by atoms with Crippen LogP contribution in [0.4, 0.5) is 11.8 Å². The minimum absolute atomic E-state index is 0.0163. The molecule has 94 valence electrons. The Morgan fingerprint density at radius 1 is 1.22 bits per heavy atom. The van der Waals surface area contributed by atoms with Gasteiger partial charge in [0.05, 0.1) is 12.4 Å². The van der Waals surface area contributed by atoms with Gasteiger partial charge in [-0.05, 0) is 19.1 Å². The van der Waals surface area contributed by atoms with Crippen LogP contribution in [0.15, 0.2) is 35.5 Å². The van der Waals surface area contributed by atoms with Crippen LogP contribution in [0, 0.1) is 6.92 Å². The van der Waals surface area contributed by atoms with Crippen LogP contribution in [0.25, 0.3) is 0 Å². The molecule has 0 radical (unpaired) electrons. The van der Waals surface area contributed by atoms with E-state index in [4.69, 9.17) is 5.73 Å². The van der Waals surface area contributed by atoms with Gasteiger partial charge < -0.3 is 5.73 Å². The number of nitrogens with one attached hydrogen (secondary N) is 1. The molecule has 0 aliphatic heterocycles. The molecule has 0 amide bonds. The summed E-state index contributed by atoms with van der Waals surface area (Å²) in [5, 5.41) is 0. The number of hydrogen-bond acceptors (Lipinski definition) is 6. The molecule has 3 N–H and O–H groups in total. The number of nitrogen functional groups attached to an aromatic ring is 1. The molecule has 0 spiro atoms. The fourth-order valence-electron chi connectivity index (χ4n) is 1.26. The molecule has 0 saturated heterocycles. The highest BCUT2D eigenvalue weighted by atomic mass is 32.2. The summed E-state index contributed by atoms with van der Waals surface area (Å²) in [5.74, 6) is 0.259. The summed E-state index contributed by atoms with van der Waals surface area (Å²) in [6.45, 7) is 1.77. The van der Waals surface area contributed by atoms with Gasteiger partial charge in [0, 0.05) is 5.69 Å². The summed E-state index contributed by atoms with van der Waals surface area (Å²) in [4.78, 5) is 11.2. The Kier molecular flexibility index (Phi) is 3.11. The van der Waals surface area contributed by atoms with E-state index in [0.29, 0.717) is 5.69 Å². The molecule has 18 heavy (non-hydrogen) atoms. The Morgan fingerprint density at radius 2 is 1.89 bits per heavy atom. The predicted molar refractivity (Wildman–Crippen MR) is 66.2 cm³/mol. The van der Waals surface area contributed by atoms with E-state index in [9.17, 15) is 8.42 Å². The number of nitrogens with two attached hydrogens (primary N) is 1. The van der Waals surface area contributed by atoms with Crippen LogP contribution >= 0.6 is 0 Å². The van der Waals surface area contributed by atoms with Gasteiger partial charge in [-0.1, -0.05) is 6.07 Å². The third-order valence-corrected chi connectivity index (χ3v) is 3.39. The molecular weight excluding hydrogens is 254 g/mol. The van der Waals surface area contributed by atoms with Crippen molar-refractivity contribution >= 4 is 21.8 Å². The highest BCUT2D eigenvalue weighted by molar-refractivity contribution is 7.92. The van der Waals surface area contributed by atoms with Crippen LogP contribution in [0.2, 0.25) is 0 Å². The predicted octanol–water partition coefficient (Wildman–Crippen LogP) is 0.563. The third-order valence-electron chi connectivity index (χ3n) is 2.09. The van der Waals surface area contributed by atoms with Crippen molar-refractivity contribution < 1.29 is 8.42 Å². The molecule has 0 aromatic carbocycles. The normalized spacial score (nSPS) is 11.2. The number of sulfonamides is 1. The smallest absolute Gasteiger partial charge is 0.266 e. The zero-order chi connectivity index (χ0) is 13.2. The van der Waals surface area contributed by atoms with Crippen LogP contribution in [0.1, 0.15) is 5.69 Å². The molecule has 0 aliphatic rings. The van der Waals surface area contributed by atoms with E-state index in [-0.39, 0.29) is 16.7 Å². The standard InChI is InChI=1S/C10H11N5O2S/c1-7-3-2-4-9(14-7)15-18(16,17)8-5-12-10(11)13-6-8/h2-6H,1H3,(H,14,15)(H2,11,12,13). The Labute approximate surface area is 104 Å². The lowest BCUT2D eigenvalue weighted by molar-refractivity contribution is 0.600. The Hall–Kier alpha value is -2.22. The topological polar surface area (TPSA) is 111 Å². The lowest BCUT2D eigenvalue weighted by Gasteiger charge is -2.07. The average molecular weight is 265 g/mol. The zero-order valence-corrected chi connectivity index (χ0v) is 10.3. The first-order valence-electron chi connectivity index (χ1n) is 5.01. The largest absolute Gasteiger partial charge is 0.368 e. The maximum Gasteiger partial charge on any atom is 0.266 e. The summed E-state index contributed by atoms with van der Waals surface area (Å²) in [6, 6.07) is 5.03. The number of anilines is 2. The van der Waals surface area contributed by atoms with Crippen LogP contribution in [-0.4, -0.2) is 23.4 Å². The maximum atomic E-state index is 12.0. The highest BCUT2D eigenvalue weighted by Crippen LogP contribution is 2.13. The van der Waals surface area contributed by atoms with Crippen molar-refractivity contribution in [3.05, 3.63) is 36.3 Å². The minimum atomic E-state index is -3.74. The van der Waals surface area contributed by atoms with Crippen LogP contribution in [-0.2, 0) is 10.0 Å². The van der Waals surface area contributed by atoms with Crippen molar-refractivity contribution in [2.45, 2.75) is 11.8 Å². The van der Waals surface area contributed by atoms with Gasteiger partial charge in [-0.25, -0.2) is 23.4 Å². The van der Waals surface area contributed by atoms with E-state index in [1.807, 2.05) is 0 Å². The van der Waals surface area contributed by atoms with Gasteiger partial charge in [0.15, 0.2) is 0 Å². The number of hydrogen-bond donors (Lipinski definition) is 2. The number of nitrogens with zero attached hydrogens (tertiary/aromatic N) is 3. The van der Waals surface area contributed by atoms with Crippen molar-refractivity contribution in [2.75, 3.05) is 10.5 Å². The molecule has 2 aromatic heterocycles. The summed E-state index contributed by atoms with van der Waals surface area (Å²) in [5.41, 5.74) is 6.00. The monoisotopic (exact) mass is 265 g/mol. The lowest BCUT2D eigenvalue weighted by atomic mass is 10.4. The van der Waals surface area contributed by atoms with Gasteiger partial charge in [0.2, 0.25) is 5.95 Å². The van der Waals surface area contributed by atoms with Crippen molar-refractivity contribution in [1.29, 1.82) is 0 Å². The zero-order valence-electron chi connectivity index (χ0n) is 9.53. The summed E-state index contributed by atoms with van der Waals surface area (Å²) in [7, 11) is -3.74. The van der Waals surface area contributed by atoms with Gasteiger partial charge in [0.1, 0.15) is 10.7 Å². The van der Waals surface area contributed by atoms with E-state index in [1.165, 1.54) is 0 Å². The van der Waals surface area contributed by atoms with Crippen LogP contribution in [0.3, 0.4) is 0 Å². The molecule has 0 bridgehead atoms. The Bertz CT molecular complexity index is 654. The van der Waals surface area contributed by atoms with Crippen molar-refractivity contribution in [2.24, 2.45) is 0 Å². The first-order chi connectivity index (χ1) is 8.47.